The van der Waals surface area contributed by atoms with E-state index in [-0.39, 0.29) is 24.0 Å². The van der Waals surface area contributed by atoms with E-state index in [0.29, 0.717) is 10.6 Å². The molecule has 1 aromatic rings. The van der Waals surface area contributed by atoms with Crippen LogP contribution in [0.3, 0.4) is 0 Å². The molecule has 1 heterocycles. The Morgan fingerprint density at radius 1 is 1.45 bits per heavy atom. The molecule has 0 aliphatic carbocycles. The van der Waals surface area contributed by atoms with Crippen LogP contribution in [0.2, 0.25) is 0 Å². The molecule has 0 saturated carbocycles. The lowest BCUT2D eigenvalue weighted by Gasteiger charge is -2.25. The number of hydrogen-bond donors (Lipinski definition) is 1. The zero-order chi connectivity index (χ0) is 16.1. The van der Waals surface area contributed by atoms with Crippen LogP contribution in [0.1, 0.15) is 23.5 Å². The maximum atomic E-state index is 11.9. The van der Waals surface area contributed by atoms with E-state index in [4.69, 9.17) is 0 Å². The molecule has 0 radical (unpaired) electrons. The normalized spacial score (nSPS) is 17.7. The molecule has 6 heteroatoms. The zero-order valence-electron chi connectivity index (χ0n) is 12.4. The minimum Gasteiger partial charge on any atom is -0.468 e. The van der Waals surface area contributed by atoms with Crippen molar-refractivity contribution in [1.29, 1.82) is 5.26 Å². The molecule has 2 rings (SSSR count). The summed E-state index contributed by atoms with van der Waals surface area (Å²) in [4.78, 5) is 23.2. The molecule has 22 heavy (non-hydrogen) atoms. The molecule has 114 valence electrons. The number of ether oxygens (including phenoxy) is 1. The number of esters is 1. The molecule has 1 atom stereocenters. The first kappa shape index (κ1) is 16.1. The largest absolute Gasteiger partial charge is 0.468 e. The average Bonchev–Trinajstić information content (AvgIpc) is 2.52. The van der Waals surface area contributed by atoms with Crippen LogP contribution in [-0.4, -0.2) is 24.7 Å². The van der Waals surface area contributed by atoms with Gasteiger partial charge in [-0.05, 0) is 12.5 Å². The minimum absolute atomic E-state index is 0.0535. The molecule has 5 nitrogen and oxygen atoms in total. The molecule has 0 bridgehead atoms. The summed E-state index contributed by atoms with van der Waals surface area (Å²) in [7, 11) is 1.30. The van der Waals surface area contributed by atoms with Crippen LogP contribution in [0.5, 0.6) is 0 Å². The van der Waals surface area contributed by atoms with Gasteiger partial charge in [0.25, 0.3) is 0 Å². The van der Waals surface area contributed by atoms with Gasteiger partial charge in [-0.2, -0.15) is 5.26 Å². The highest BCUT2D eigenvalue weighted by atomic mass is 32.2. The summed E-state index contributed by atoms with van der Waals surface area (Å²) in [5.74, 6) is -0.782. The average molecular weight is 316 g/mol. The number of methoxy groups -OCH3 is 1. The van der Waals surface area contributed by atoms with Crippen LogP contribution in [0.15, 0.2) is 34.9 Å². The molecule has 0 fully saturated rings. The summed E-state index contributed by atoms with van der Waals surface area (Å²) >= 11 is 1.12. The van der Waals surface area contributed by atoms with Gasteiger partial charge in [-0.1, -0.05) is 41.6 Å². The maximum absolute atomic E-state index is 11.9. The van der Waals surface area contributed by atoms with E-state index in [2.05, 4.69) is 16.1 Å². The third-order valence-electron chi connectivity index (χ3n) is 3.40. The number of nitrogens with one attached hydrogen (secondary N) is 1. The van der Waals surface area contributed by atoms with Crippen molar-refractivity contribution in [3.8, 4) is 6.07 Å². The monoisotopic (exact) mass is 316 g/mol. The number of benzene rings is 1. The van der Waals surface area contributed by atoms with Gasteiger partial charge in [0.05, 0.1) is 29.5 Å². The van der Waals surface area contributed by atoms with E-state index in [1.165, 1.54) is 7.11 Å². The van der Waals surface area contributed by atoms with Gasteiger partial charge in [0.1, 0.15) is 0 Å². The van der Waals surface area contributed by atoms with Crippen LogP contribution in [-0.2, 0) is 14.3 Å². The highest BCUT2D eigenvalue weighted by Crippen LogP contribution is 2.35. The highest BCUT2D eigenvalue weighted by Gasteiger charge is 2.29. The number of amides is 1. The third-order valence-corrected chi connectivity index (χ3v) is 4.39. The second-order valence-corrected chi connectivity index (χ2v) is 5.92. The molecular formula is C16H16N2O3S. The first-order valence-corrected chi connectivity index (χ1v) is 7.74. The standard InChI is InChI=1S/C16H16N2O3S/c1-10-3-5-11(6-4-10)12-7-14(19)18-16(13(12)8-17)22-9-15(20)21-2/h3-6,12H,7,9H2,1-2H3,(H,18,19). The van der Waals surface area contributed by atoms with Gasteiger partial charge >= 0.3 is 5.97 Å². The molecule has 1 aliphatic heterocycles. The van der Waals surface area contributed by atoms with E-state index >= 15 is 0 Å². The molecule has 0 saturated heterocycles. The molecule has 1 aromatic carbocycles. The fraction of sp³-hybridized carbons (Fsp3) is 0.312. The number of nitrogens with zero attached hydrogens (tertiary/aromatic N) is 1. The Labute approximate surface area is 133 Å². The Morgan fingerprint density at radius 2 is 2.14 bits per heavy atom. The fourth-order valence-electron chi connectivity index (χ4n) is 2.21. The van der Waals surface area contributed by atoms with Crippen molar-refractivity contribution in [2.45, 2.75) is 19.3 Å². The lowest BCUT2D eigenvalue weighted by Crippen LogP contribution is -2.31. The molecule has 0 spiro atoms. The van der Waals surface area contributed by atoms with Gasteiger partial charge in [0.15, 0.2) is 0 Å². The second-order valence-electron chi connectivity index (χ2n) is 4.93. The molecular weight excluding hydrogens is 300 g/mol. The predicted octanol–water partition coefficient (Wildman–Crippen LogP) is 2.24. The number of allylic oxidation sites excluding steroid dienone is 1. The van der Waals surface area contributed by atoms with Gasteiger partial charge in [0.2, 0.25) is 5.91 Å². The van der Waals surface area contributed by atoms with Crippen molar-refractivity contribution >= 4 is 23.6 Å². The van der Waals surface area contributed by atoms with E-state index in [0.717, 1.165) is 22.9 Å². The number of nitriles is 1. The van der Waals surface area contributed by atoms with Crippen molar-refractivity contribution in [3.05, 3.63) is 46.0 Å². The van der Waals surface area contributed by atoms with Crippen LogP contribution in [0, 0.1) is 18.3 Å². The van der Waals surface area contributed by atoms with Gasteiger partial charge in [0, 0.05) is 12.3 Å². The Balaban J connectivity index is 2.32. The minimum atomic E-state index is -0.401. The maximum Gasteiger partial charge on any atom is 0.316 e. The topological polar surface area (TPSA) is 79.2 Å². The number of hydrogen-bond acceptors (Lipinski definition) is 5. The van der Waals surface area contributed by atoms with E-state index in [1.54, 1.807) is 0 Å². The number of carbonyl (C=O) groups is 2. The zero-order valence-corrected chi connectivity index (χ0v) is 13.2. The summed E-state index contributed by atoms with van der Waals surface area (Å²) in [6, 6.07) is 9.94. The van der Waals surface area contributed by atoms with Gasteiger partial charge < -0.3 is 10.1 Å². The first-order chi connectivity index (χ1) is 10.5. The number of thioether (sulfide) groups is 1. The summed E-state index contributed by atoms with van der Waals surface area (Å²) in [5.41, 5.74) is 2.53. The molecule has 1 unspecified atom stereocenters. The number of aryl methyl sites for hydroxylation is 1. The van der Waals surface area contributed by atoms with Crippen LogP contribution in [0.4, 0.5) is 0 Å². The summed E-state index contributed by atoms with van der Waals surface area (Å²) in [6.07, 6.45) is 0.230. The third kappa shape index (κ3) is 3.68. The van der Waals surface area contributed by atoms with E-state index in [1.807, 2.05) is 31.2 Å². The van der Waals surface area contributed by atoms with Gasteiger partial charge in [-0.3, -0.25) is 9.59 Å². The molecule has 0 aromatic heterocycles. The van der Waals surface area contributed by atoms with Crippen molar-refractivity contribution in [3.63, 3.8) is 0 Å². The molecule has 1 N–H and O–H groups in total. The lowest BCUT2D eigenvalue weighted by molar-refractivity contribution is -0.137. The highest BCUT2D eigenvalue weighted by molar-refractivity contribution is 8.03. The van der Waals surface area contributed by atoms with Crippen molar-refractivity contribution in [2.75, 3.05) is 12.9 Å². The lowest BCUT2D eigenvalue weighted by atomic mass is 9.87. The van der Waals surface area contributed by atoms with Crippen LogP contribution < -0.4 is 5.32 Å². The fourth-order valence-corrected chi connectivity index (χ4v) is 3.12. The van der Waals surface area contributed by atoms with Crippen LogP contribution in [0.25, 0.3) is 0 Å². The number of carbonyl (C=O) groups excluding carboxylic acids is 2. The van der Waals surface area contributed by atoms with E-state index < -0.39 is 5.97 Å². The van der Waals surface area contributed by atoms with Crippen molar-refractivity contribution in [2.24, 2.45) is 0 Å². The SMILES string of the molecule is COC(=O)CSC1=C(C#N)C(c2ccc(C)cc2)CC(=O)N1. The van der Waals surface area contributed by atoms with Gasteiger partial charge in [-0.25, -0.2) is 0 Å². The molecule has 1 amide bonds. The second kappa shape index (κ2) is 7.14. The van der Waals surface area contributed by atoms with E-state index in [9.17, 15) is 14.9 Å². The predicted molar refractivity (Wildman–Crippen MR) is 83.8 cm³/mol. The summed E-state index contributed by atoms with van der Waals surface area (Å²) in [6.45, 7) is 1.98. The van der Waals surface area contributed by atoms with Crippen molar-refractivity contribution in [1.82, 2.24) is 5.32 Å². The smallest absolute Gasteiger partial charge is 0.316 e. The Morgan fingerprint density at radius 3 is 2.73 bits per heavy atom. The van der Waals surface area contributed by atoms with Crippen molar-refractivity contribution < 1.29 is 14.3 Å². The Hall–Kier alpha value is -2.26. The Kier molecular flexibility index (Phi) is 5.23. The molecule has 1 aliphatic rings. The summed E-state index contributed by atoms with van der Waals surface area (Å²) in [5, 5.41) is 12.6. The number of rotatable bonds is 4. The summed E-state index contributed by atoms with van der Waals surface area (Å²) < 4.78 is 4.58. The Bertz CT molecular complexity index is 659. The van der Waals surface area contributed by atoms with Crippen LogP contribution >= 0.6 is 11.8 Å². The first-order valence-electron chi connectivity index (χ1n) is 6.75. The quantitative estimate of drug-likeness (QED) is 0.862. The van der Waals surface area contributed by atoms with Gasteiger partial charge in [-0.15, -0.1) is 0 Å².